The summed E-state index contributed by atoms with van der Waals surface area (Å²) in [7, 11) is 0. The highest BCUT2D eigenvalue weighted by Gasteiger charge is 2.39. The van der Waals surface area contributed by atoms with Crippen LogP contribution < -0.4 is 0 Å². The van der Waals surface area contributed by atoms with E-state index < -0.39 is 0 Å². The Morgan fingerprint density at radius 2 is 2.14 bits per heavy atom. The zero-order valence-electron chi connectivity index (χ0n) is 3.89. The van der Waals surface area contributed by atoms with Crippen LogP contribution in [0.25, 0.3) is 0 Å². The van der Waals surface area contributed by atoms with Crippen LogP contribution in [0, 0.1) is 5.92 Å². The molecule has 1 unspecified atom stereocenters. The zero-order valence-corrected chi connectivity index (χ0v) is 3.89. The molecule has 1 rings (SSSR count). The summed E-state index contributed by atoms with van der Waals surface area (Å²) in [6, 6.07) is 0. The van der Waals surface area contributed by atoms with E-state index >= 15 is 0 Å². The molecule has 36 valence electrons. The third-order valence-corrected chi connectivity index (χ3v) is 1.12. The molecule has 7 heavy (non-hydrogen) atoms. The molecule has 1 saturated carbocycles. The highest BCUT2D eigenvalue weighted by Crippen LogP contribution is 2.27. The van der Waals surface area contributed by atoms with Crippen LogP contribution in [0.15, 0.2) is 5.57 Å². The number of rotatable bonds is 0. The summed E-state index contributed by atoms with van der Waals surface area (Å²) in [6.45, 7) is 1.70. The molecule has 2 nitrogen and oxygen atoms in total. The number of carbonyl (C=O) groups is 1. The van der Waals surface area contributed by atoms with Gasteiger partial charge in [-0.15, -0.1) is 0 Å². The van der Waals surface area contributed by atoms with E-state index in [1.807, 2.05) is 0 Å². The summed E-state index contributed by atoms with van der Waals surface area (Å²) in [5.74, 6) is 1.40. The molecule has 1 aliphatic carbocycles. The highest BCUT2D eigenvalue weighted by molar-refractivity contribution is 6.21. The van der Waals surface area contributed by atoms with Crippen molar-refractivity contribution in [2.75, 3.05) is 0 Å². The summed E-state index contributed by atoms with van der Waals surface area (Å²) >= 11 is 0. The van der Waals surface area contributed by atoms with Crippen LogP contribution >= 0.6 is 0 Å². The van der Waals surface area contributed by atoms with Crippen LogP contribution in [-0.2, 0) is 9.59 Å². The largest absolute Gasteiger partial charge is 0.293 e. The lowest BCUT2D eigenvalue weighted by atomic mass is 10.5. The maximum atomic E-state index is 10.1. The molecule has 2 heteroatoms. The molecule has 0 saturated heterocycles. The Hall–Kier alpha value is -0.880. The molecule has 0 N–H and O–H groups in total. The molecule has 0 aromatic carbocycles. The lowest BCUT2D eigenvalue weighted by Gasteiger charge is -1.52. The van der Waals surface area contributed by atoms with Crippen molar-refractivity contribution >= 4 is 11.7 Å². The lowest BCUT2D eigenvalue weighted by molar-refractivity contribution is -0.110. The fourth-order valence-corrected chi connectivity index (χ4v) is 0.448. The quantitative estimate of drug-likeness (QED) is 0.313. The van der Waals surface area contributed by atoms with Gasteiger partial charge in [-0.05, 0) is 0 Å². The van der Waals surface area contributed by atoms with Gasteiger partial charge in [0.15, 0.2) is 5.78 Å². The van der Waals surface area contributed by atoms with Gasteiger partial charge in [-0.1, -0.05) is 6.92 Å². The van der Waals surface area contributed by atoms with E-state index in [1.165, 1.54) is 0 Å². The van der Waals surface area contributed by atoms with Crippen molar-refractivity contribution in [2.24, 2.45) is 5.92 Å². The molecule has 0 radical (unpaired) electrons. The monoisotopic (exact) mass is 96.0 g/mol. The zero-order chi connectivity index (χ0) is 5.44. The summed E-state index contributed by atoms with van der Waals surface area (Å²) < 4.78 is 0. The molecule has 0 aromatic rings. The summed E-state index contributed by atoms with van der Waals surface area (Å²) in [5, 5.41) is 0. The van der Waals surface area contributed by atoms with Crippen LogP contribution in [-0.4, -0.2) is 11.7 Å². The van der Waals surface area contributed by atoms with Crippen molar-refractivity contribution < 1.29 is 9.59 Å². The van der Waals surface area contributed by atoms with Crippen molar-refractivity contribution in [1.82, 2.24) is 0 Å². The van der Waals surface area contributed by atoms with Crippen molar-refractivity contribution in [3.8, 4) is 0 Å². The second kappa shape index (κ2) is 1.04. The van der Waals surface area contributed by atoms with Crippen LogP contribution in [0.5, 0.6) is 0 Å². The summed E-state index contributed by atoms with van der Waals surface area (Å²) in [6.07, 6.45) is 0. The fraction of sp³-hybridized carbons (Fsp3) is 0.400. The predicted molar refractivity (Wildman–Crippen MR) is 23.4 cm³/mol. The summed E-state index contributed by atoms with van der Waals surface area (Å²) in [5.41, 5.74) is 0.319. The van der Waals surface area contributed by atoms with Crippen molar-refractivity contribution in [3.05, 3.63) is 5.57 Å². The van der Waals surface area contributed by atoms with Gasteiger partial charge >= 0.3 is 0 Å². The maximum absolute atomic E-state index is 10.1. The molecule has 1 atom stereocenters. The molecule has 0 aromatic heterocycles. The first-order chi connectivity index (χ1) is 3.27. The molecule has 0 amide bonds. The minimum atomic E-state index is -0.113. The topological polar surface area (TPSA) is 34.1 Å². The molecule has 0 spiro atoms. The average Bonchev–Trinajstić information content (AvgIpc) is 2.17. The second-order valence-corrected chi connectivity index (χ2v) is 1.60. The highest BCUT2D eigenvalue weighted by atomic mass is 16.1. The second-order valence-electron chi connectivity index (χ2n) is 1.60. The van der Waals surface area contributed by atoms with Gasteiger partial charge in [0.05, 0.1) is 11.5 Å². The van der Waals surface area contributed by atoms with Gasteiger partial charge in [-0.2, -0.15) is 0 Å². The van der Waals surface area contributed by atoms with Crippen LogP contribution in [0.4, 0.5) is 0 Å². The van der Waals surface area contributed by atoms with Gasteiger partial charge in [0.1, 0.15) is 5.94 Å². The Kier molecular flexibility index (Phi) is 0.639. The van der Waals surface area contributed by atoms with Gasteiger partial charge < -0.3 is 0 Å². The smallest absolute Gasteiger partial charge is 0.178 e. The number of ketones is 1. The SMILES string of the molecule is CC1C(=O)C1=C=O. The minimum absolute atomic E-state index is 0.0463. The minimum Gasteiger partial charge on any atom is -0.293 e. The Labute approximate surface area is 40.8 Å². The predicted octanol–water partition coefficient (Wildman–Crippen LogP) is -0.0368. The van der Waals surface area contributed by atoms with E-state index in [1.54, 1.807) is 12.9 Å². The van der Waals surface area contributed by atoms with Crippen LogP contribution in [0.1, 0.15) is 6.92 Å². The number of carbonyl (C=O) groups excluding carboxylic acids is 2. The first kappa shape index (κ1) is 4.28. The number of Topliss-reactive ketones (excluding diaryl/α,β-unsaturated/α-hetero) is 1. The number of hydrogen-bond acceptors (Lipinski definition) is 2. The van der Waals surface area contributed by atoms with Crippen molar-refractivity contribution in [1.29, 1.82) is 0 Å². The van der Waals surface area contributed by atoms with E-state index in [-0.39, 0.29) is 11.7 Å². The Morgan fingerprint density at radius 3 is 2.14 bits per heavy atom. The van der Waals surface area contributed by atoms with E-state index in [0.717, 1.165) is 0 Å². The van der Waals surface area contributed by atoms with E-state index in [0.29, 0.717) is 5.57 Å². The van der Waals surface area contributed by atoms with Gasteiger partial charge in [0.25, 0.3) is 0 Å². The standard InChI is InChI=1S/C5H4O2/c1-3-4(2-6)5(3)7/h3H,1H3. The van der Waals surface area contributed by atoms with Gasteiger partial charge in [-0.25, -0.2) is 4.79 Å². The maximum Gasteiger partial charge on any atom is 0.178 e. The van der Waals surface area contributed by atoms with E-state index in [4.69, 9.17) is 0 Å². The molecule has 1 fully saturated rings. The third-order valence-electron chi connectivity index (χ3n) is 1.12. The molecule has 0 heterocycles. The Balaban J connectivity index is 2.91. The fourth-order valence-electron chi connectivity index (χ4n) is 0.448. The lowest BCUT2D eigenvalue weighted by Crippen LogP contribution is -1.60. The Morgan fingerprint density at radius 1 is 1.71 bits per heavy atom. The molecule has 0 bridgehead atoms. The molecular formula is C5H4O2. The molecule has 1 aliphatic rings. The third kappa shape index (κ3) is 0.403. The first-order valence-electron chi connectivity index (χ1n) is 2.06. The van der Waals surface area contributed by atoms with Crippen LogP contribution in [0.2, 0.25) is 0 Å². The summed E-state index contributed by atoms with van der Waals surface area (Å²) in [4.78, 5) is 19.8. The van der Waals surface area contributed by atoms with Crippen LogP contribution in [0.3, 0.4) is 0 Å². The van der Waals surface area contributed by atoms with Gasteiger partial charge in [-0.3, -0.25) is 4.79 Å². The van der Waals surface area contributed by atoms with Gasteiger partial charge in [0, 0.05) is 0 Å². The van der Waals surface area contributed by atoms with Gasteiger partial charge in [0.2, 0.25) is 0 Å². The number of hydrogen-bond donors (Lipinski definition) is 0. The molecule has 0 aliphatic heterocycles. The average molecular weight is 96.1 g/mol. The van der Waals surface area contributed by atoms with E-state index in [9.17, 15) is 9.59 Å². The normalized spacial score (nSPS) is 27.3. The Bertz CT molecular complexity index is 163. The van der Waals surface area contributed by atoms with Crippen molar-refractivity contribution in [2.45, 2.75) is 6.92 Å². The van der Waals surface area contributed by atoms with Crippen molar-refractivity contribution in [3.63, 3.8) is 0 Å². The number of allylic oxidation sites excluding steroid dienone is 1. The van der Waals surface area contributed by atoms with E-state index in [2.05, 4.69) is 0 Å². The first-order valence-corrected chi connectivity index (χ1v) is 2.06. The molecular weight excluding hydrogens is 92.1 g/mol.